The number of nitrogens with zero attached hydrogens (tertiary/aromatic N) is 1. The summed E-state index contributed by atoms with van der Waals surface area (Å²) in [6.07, 6.45) is -0.0919. The average molecular weight is 305 g/mol. The normalized spacial score (nSPS) is 19.6. The zero-order valence-electron chi connectivity index (χ0n) is 10.4. The van der Waals surface area contributed by atoms with Crippen molar-refractivity contribution in [1.82, 2.24) is 0 Å². The van der Waals surface area contributed by atoms with Crippen LogP contribution in [0.3, 0.4) is 0 Å². The standard InChI is InChI=1S/C12H13F2NO4S/c13-10-1-2-11(9(4-10)6-16)15-5-8(3-12(15)17)7-20(14,18)19/h1-2,4,8,16H,3,5-7H2. The van der Waals surface area contributed by atoms with Gasteiger partial charge in [0.1, 0.15) is 5.82 Å². The Bertz CT molecular complexity index is 632. The summed E-state index contributed by atoms with van der Waals surface area (Å²) in [6, 6.07) is 3.58. The minimum Gasteiger partial charge on any atom is -0.392 e. The fraction of sp³-hybridized carbons (Fsp3) is 0.417. The van der Waals surface area contributed by atoms with Crippen molar-refractivity contribution in [2.24, 2.45) is 5.92 Å². The third kappa shape index (κ3) is 3.31. The van der Waals surface area contributed by atoms with Crippen molar-refractivity contribution in [3.05, 3.63) is 29.6 Å². The SMILES string of the molecule is O=C1CC(CS(=O)(=O)F)CN1c1ccc(F)cc1CO. The Morgan fingerprint density at radius 2 is 2.10 bits per heavy atom. The first-order chi connectivity index (χ1) is 9.30. The zero-order valence-corrected chi connectivity index (χ0v) is 11.2. The fourth-order valence-corrected chi connectivity index (χ4v) is 3.14. The van der Waals surface area contributed by atoms with E-state index in [4.69, 9.17) is 0 Å². The highest BCUT2D eigenvalue weighted by molar-refractivity contribution is 7.86. The number of amides is 1. The lowest BCUT2D eigenvalue weighted by Gasteiger charge is -2.19. The van der Waals surface area contributed by atoms with Gasteiger partial charge < -0.3 is 10.0 Å². The molecule has 0 saturated carbocycles. The number of anilines is 1. The largest absolute Gasteiger partial charge is 0.392 e. The quantitative estimate of drug-likeness (QED) is 0.841. The molecule has 0 bridgehead atoms. The van der Waals surface area contributed by atoms with E-state index in [2.05, 4.69) is 0 Å². The molecule has 1 heterocycles. The summed E-state index contributed by atoms with van der Waals surface area (Å²) >= 11 is 0. The Morgan fingerprint density at radius 3 is 2.70 bits per heavy atom. The predicted octanol–water partition coefficient (Wildman–Crippen LogP) is 0.970. The maximum Gasteiger partial charge on any atom is 0.302 e. The molecule has 1 unspecified atom stereocenters. The molecule has 5 nitrogen and oxygen atoms in total. The zero-order chi connectivity index (χ0) is 14.9. The highest BCUT2D eigenvalue weighted by Crippen LogP contribution is 2.29. The Kier molecular flexibility index (Phi) is 4.05. The second-order valence-corrected chi connectivity index (χ2v) is 6.12. The fourth-order valence-electron chi connectivity index (χ4n) is 2.35. The Labute approximate surface area is 115 Å². The predicted molar refractivity (Wildman–Crippen MR) is 67.7 cm³/mol. The van der Waals surface area contributed by atoms with E-state index in [1.54, 1.807) is 0 Å². The number of aliphatic hydroxyl groups is 1. The van der Waals surface area contributed by atoms with E-state index in [1.807, 2.05) is 0 Å². The molecule has 1 N–H and O–H groups in total. The van der Waals surface area contributed by atoms with Crippen LogP contribution in [0.5, 0.6) is 0 Å². The molecule has 110 valence electrons. The molecule has 0 radical (unpaired) electrons. The van der Waals surface area contributed by atoms with Gasteiger partial charge in [0, 0.05) is 30.1 Å². The van der Waals surface area contributed by atoms with Crippen LogP contribution in [0.2, 0.25) is 0 Å². The monoisotopic (exact) mass is 305 g/mol. The number of rotatable bonds is 4. The number of halogens is 2. The maximum absolute atomic E-state index is 13.1. The third-order valence-electron chi connectivity index (χ3n) is 3.14. The van der Waals surface area contributed by atoms with Crippen molar-refractivity contribution in [1.29, 1.82) is 0 Å². The molecule has 1 saturated heterocycles. The van der Waals surface area contributed by atoms with E-state index in [9.17, 15) is 26.6 Å². The van der Waals surface area contributed by atoms with Crippen LogP contribution in [-0.2, 0) is 21.6 Å². The van der Waals surface area contributed by atoms with Crippen molar-refractivity contribution in [2.75, 3.05) is 17.2 Å². The van der Waals surface area contributed by atoms with Gasteiger partial charge in [0.15, 0.2) is 0 Å². The van der Waals surface area contributed by atoms with E-state index in [0.29, 0.717) is 5.69 Å². The molecule has 1 atom stereocenters. The summed E-state index contributed by atoms with van der Waals surface area (Å²) in [5.41, 5.74) is 0.541. The van der Waals surface area contributed by atoms with Crippen LogP contribution in [0.15, 0.2) is 18.2 Å². The molecule has 0 aliphatic carbocycles. The van der Waals surface area contributed by atoms with Gasteiger partial charge in [-0.2, -0.15) is 8.42 Å². The van der Waals surface area contributed by atoms with E-state index < -0.39 is 34.3 Å². The van der Waals surface area contributed by atoms with Crippen LogP contribution in [0.4, 0.5) is 14.0 Å². The third-order valence-corrected chi connectivity index (χ3v) is 4.01. The van der Waals surface area contributed by atoms with Crippen molar-refractivity contribution in [3.8, 4) is 0 Å². The van der Waals surface area contributed by atoms with Crippen molar-refractivity contribution in [2.45, 2.75) is 13.0 Å². The molecule has 0 spiro atoms. The summed E-state index contributed by atoms with van der Waals surface area (Å²) in [7, 11) is -4.65. The van der Waals surface area contributed by atoms with Crippen LogP contribution < -0.4 is 4.90 Å². The minimum atomic E-state index is -4.65. The molecule has 2 rings (SSSR count). The molecular weight excluding hydrogens is 292 g/mol. The molecule has 1 fully saturated rings. The van der Waals surface area contributed by atoms with Crippen LogP contribution in [0.1, 0.15) is 12.0 Å². The van der Waals surface area contributed by atoms with Crippen molar-refractivity contribution in [3.63, 3.8) is 0 Å². The van der Waals surface area contributed by atoms with Gasteiger partial charge in [-0.05, 0) is 18.2 Å². The van der Waals surface area contributed by atoms with Crippen molar-refractivity contribution < 1.29 is 26.6 Å². The lowest BCUT2D eigenvalue weighted by atomic mass is 10.1. The number of carbonyl (C=O) groups is 1. The highest BCUT2D eigenvalue weighted by atomic mass is 32.3. The van der Waals surface area contributed by atoms with Crippen molar-refractivity contribution >= 4 is 21.8 Å². The Hall–Kier alpha value is -1.54. The summed E-state index contributed by atoms with van der Waals surface area (Å²) in [5.74, 6) is -2.29. The van der Waals surface area contributed by atoms with Crippen LogP contribution in [-0.4, -0.2) is 31.7 Å². The average Bonchev–Trinajstić information content (AvgIpc) is 2.67. The van der Waals surface area contributed by atoms with Crippen LogP contribution in [0, 0.1) is 11.7 Å². The molecule has 8 heteroatoms. The van der Waals surface area contributed by atoms with Gasteiger partial charge in [-0.1, -0.05) is 0 Å². The van der Waals surface area contributed by atoms with Gasteiger partial charge >= 0.3 is 10.2 Å². The van der Waals surface area contributed by atoms with Gasteiger partial charge in [-0.3, -0.25) is 4.79 Å². The number of hydrogen-bond acceptors (Lipinski definition) is 4. The first kappa shape index (κ1) is 14.9. The van der Waals surface area contributed by atoms with E-state index >= 15 is 0 Å². The smallest absolute Gasteiger partial charge is 0.302 e. The van der Waals surface area contributed by atoms with Gasteiger partial charge in [0.2, 0.25) is 5.91 Å². The molecular formula is C12H13F2NO4S. The molecule has 1 aliphatic heterocycles. The summed E-state index contributed by atoms with van der Waals surface area (Å²) in [5, 5.41) is 9.18. The second-order valence-electron chi connectivity index (χ2n) is 4.71. The van der Waals surface area contributed by atoms with Crippen LogP contribution >= 0.6 is 0 Å². The summed E-state index contributed by atoms with van der Waals surface area (Å²) < 4.78 is 47.0. The molecule has 20 heavy (non-hydrogen) atoms. The molecule has 0 aromatic heterocycles. The number of aliphatic hydroxyl groups excluding tert-OH is 1. The first-order valence-corrected chi connectivity index (χ1v) is 7.47. The summed E-state index contributed by atoms with van der Waals surface area (Å²) in [6.45, 7) is -0.427. The van der Waals surface area contributed by atoms with Gasteiger partial charge in [0.25, 0.3) is 0 Å². The summed E-state index contributed by atoms with van der Waals surface area (Å²) in [4.78, 5) is 13.1. The minimum absolute atomic E-state index is 0.0284. The number of carbonyl (C=O) groups excluding carboxylic acids is 1. The van der Waals surface area contributed by atoms with Crippen LogP contribution in [0.25, 0.3) is 0 Å². The molecule has 1 aromatic carbocycles. The maximum atomic E-state index is 13.1. The number of hydrogen-bond donors (Lipinski definition) is 1. The van der Waals surface area contributed by atoms with Gasteiger partial charge in [0.05, 0.1) is 12.4 Å². The first-order valence-electron chi connectivity index (χ1n) is 5.92. The van der Waals surface area contributed by atoms with Gasteiger partial charge in [-0.15, -0.1) is 3.89 Å². The Balaban J connectivity index is 2.24. The lowest BCUT2D eigenvalue weighted by molar-refractivity contribution is -0.117. The van der Waals surface area contributed by atoms with Gasteiger partial charge in [-0.25, -0.2) is 4.39 Å². The van der Waals surface area contributed by atoms with E-state index in [-0.39, 0.29) is 24.4 Å². The number of benzene rings is 1. The van der Waals surface area contributed by atoms with E-state index in [0.717, 1.165) is 12.1 Å². The molecule has 1 aromatic rings. The second kappa shape index (κ2) is 5.45. The highest BCUT2D eigenvalue weighted by Gasteiger charge is 2.34. The molecule has 1 aliphatic rings. The Morgan fingerprint density at radius 1 is 1.40 bits per heavy atom. The van der Waals surface area contributed by atoms with E-state index in [1.165, 1.54) is 11.0 Å². The molecule has 1 amide bonds. The lowest BCUT2D eigenvalue weighted by Crippen LogP contribution is -2.26. The topological polar surface area (TPSA) is 74.7 Å².